The minimum absolute atomic E-state index is 0.122. The first kappa shape index (κ1) is 11.9. The summed E-state index contributed by atoms with van der Waals surface area (Å²) >= 11 is 5.91. The van der Waals surface area contributed by atoms with Crippen LogP contribution in [0, 0.1) is 5.92 Å². The topological polar surface area (TPSA) is 26.0 Å². The SMILES string of the molecule is CCC1CCCC(N)(c2ccc(Cl)cc2)C1. The Bertz CT molecular complexity index is 346. The molecule has 16 heavy (non-hydrogen) atoms. The molecule has 0 aliphatic heterocycles. The van der Waals surface area contributed by atoms with Crippen LogP contribution in [0.5, 0.6) is 0 Å². The van der Waals surface area contributed by atoms with Crippen molar-refractivity contribution in [1.82, 2.24) is 0 Å². The van der Waals surface area contributed by atoms with E-state index >= 15 is 0 Å². The molecule has 0 bridgehead atoms. The summed E-state index contributed by atoms with van der Waals surface area (Å²) in [6.07, 6.45) is 6.05. The van der Waals surface area contributed by atoms with Gasteiger partial charge in [0.25, 0.3) is 0 Å². The van der Waals surface area contributed by atoms with Crippen molar-refractivity contribution >= 4 is 11.6 Å². The van der Waals surface area contributed by atoms with E-state index in [-0.39, 0.29) is 5.54 Å². The predicted molar refractivity (Wildman–Crippen MR) is 69.6 cm³/mol. The van der Waals surface area contributed by atoms with Crippen LogP contribution in [0.4, 0.5) is 0 Å². The van der Waals surface area contributed by atoms with E-state index < -0.39 is 0 Å². The molecular weight excluding hydrogens is 218 g/mol. The zero-order chi connectivity index (χ0) is 11.6. The van der Waals surface area contributed by atoms with Gasteiger partial charge < -0.3 is 5.73 Å². The van der Waals surface area contributed by atoms with Crippen LogP contribution >= 0.6 is 11.6 Å². The molecule has 0 saturated heterocycles. The Morgan fingerprint density at radius 2 is 2.06 bits per heavy atom. The molecule has 1 aliphatic rings. The second-order valence-electron chi connectivity index (χ2n) is 5.03. The maximum absolute atomic E-state index is 6.55. The van der Waals surface area contributed by atoms with E-state index in [2.05, 4.69) is 19.1 Å². The first-order valence-electron chi connectivity index (χ1n) is 6.19. The standard InChI is InChI=1S/C14H20ClN/c1-2-11-4-3-9-14(16,10-11)12-5-7-13(15)8-6-12/h5-8,11H,2-4,9-10,16H2,1H3. The minimum atomic E-state index is -0.122. The lowest BCUT2D eigenvalue weighted by Crippen LogP contribution is -2.41. The quantitative estimate of drug-likeness (QED) is 0.824. The summed E-state index contributed by atoms with van der Waals surface area (Å²) in [5, 5.41) is 0.787. The molecule has 1 aliphatic carbocycles. The number of halogens is 1. The summed E-state index contributed by atoms with van der Waals surface area (Å²) in [5.74, 6) is 0.787. The summed E-state index contributed by atoms with van der Waals surface area (Å²) in [6.45, 7) is 2.26. The maximum Gasteiger partial charge on any atom is 0.0412 e. The van der Waals surface area contributed by atoms with Crippen LogP contribution in [0.3, 0.4) is 0 Å². The Balaban J connectivity index is 2.20. The van der Waals surface area contributed by atoms with Crippen LogP contribution in [0.25, 0.3) is 0 Å². The molecule has 0 amide bonds. The van der Waals surface area contributed by atoms with Crippen LogP contribution in [-0.2, 0) is 5.54 Å². The maximum atomic E-state index is 6.55. The summed E-state index contributed by atoms with van der Waals surface area (Å²) < 4.78 is 0. The molecule has 0 heterocycles. The number of rotatable bonds is 2. The van der Waals surface area contributed by atoms with Crippen LogP contribution in [0.2, 0.25) is 5.02 Å². The van der Waals surface area contributed by atoms with Crippen molar-refractivity contribution in [3.63, 3.8) is 0 Å². The van der Waals surface area contributed by atoms with Crippen molar-refractivity contribution < 1.29 is 0 Å². The Hall–Kier alpha value is -0.530. The largest absolute Gasteiger partial charge is 0.321 e. The number of hydrogen-bond donors (Lipinski definition) is 1. The van der Waals surface area contributed by atoms with Gasteiger partial charge in [0.15, 0.2) is 0 Å². The zero-order valence-corrected chi connectivity index (χ0v) is 10.6. The Morgan fingerprint density at radius 3 is 2.69 bits per heavy atom. The molecule has 2 atom stereocenters. The smallest absolute Gasteiger partial charge is 0.0412 e. The Kier molecular flexibility index (Phi) is 3.56. The summed E-state index contributed by atoms with van der Waals surface area (Å²) in [7, 11) is 0. The fourth-order valence-corrected chi connectivity index (χ4v) is 2.94. The Labute approximate surface area is 103 Å². The van der Waals surface area contributed by atoms with Gasteiger partial charge in [-0.05, 0) is 36.5 Å². The van der Waals surface area contributed by atoms with E-state index in [4.69, 9.17) is 17.3 Å². The van der Waals surface area contributed by atoms with Gasteiger partial charge in [-0.3, -0.25) is 0 Å². The molecule has 2 heteroatoms. The highest BCUT2D eigenvalue weighted by Crippen LogP contribution is 2.39. The van der Waals surface area contributed by atoms with Crippen molar-refractivity contribution in [2.75, 3.05) is 0 Å². The number of hydrogen-bond acceptors (Lipinski definition) is 1. The normalized spacial score (nSPS) is 30.3. The van der Waals surface area contributed by atoms with Crippen molar-refractivity contribution in [3.8, 4) is 0 Å². The van der Waals surface area contributed by atoms with Crippen molar-refractivity contribution in [3.05, 3.63) is 34.9 Å². The van der Waals surface area contributed by atoms with Crippen molar-refractivity contribution in [2.24, 2.45) is 11.7 Å². The van der Waals surface area contributed by atoms with Gasteiger partial charge in [0.05, 0.1) is 0 Å². The van der Waals surface area contributed by atoms with Gasteiger partial charge in [-0.1, -0.05) is 49.9 Å². The van der Waals surface area contributed by atoms with Gasteiger partial charge in [-0.2, -0.15) is 0 Å². The van der Waals surface area contributed by atoms with Crippen LogP contribution < -0.4 is 5.73 Å². The molecule has 1 saturated carbocycles. The average Bonchev–Trinajstić information content (AvgIpc) is 2.29. The third kappa shape index (κ3) is 2.41. The second kappa shape index (κ2) is 4.77. The molecule has 2 unspecified atom stereocenters. The first-order valence-corrected chi connectivity index (χ1v) is 6.57. The lowest BCUT2D eigenvalue weighted by molar-refractivity contribution is 0.221. The second-order valence-corrected chi connectivity index (χ2v) is 5.47. The Morgan fingerprint density at radius 1 is 1.38 bits per heavy atom. The third-order valence-electron chi connectivity index (χ3n) is 3.88. The summed E-state index contributed by atoms with van der Waals surface area (Å²) in [6, 6.07) is 8.06. The molecule has 0 aromatic heterocycles. The highest BCUT2D eigenvalue weighted by molar-refractivity contribution is 6.30. The van der Waals surface area contributed by atoms with E-state index in [0.29, 0.717) is 0 Å². The molecule has 1 aromatic rings. The minimum Gasteiger partial charge on any atom is -0.321 e. The molecule has 2 N–H and O–H groups in total. The fraction of sp³-hybridized carbons (Fsp3) is 0.571. The van der Waals surface area contributed by atoms with Gasteiger partial charge in [-0.15, -0.1) is 0 Å². The predicted octanol–water partition coefficient (Wildman–Crippen LogP) is 4.09. The summed E-state index contributed by atoms with van der Waals surface area (Å²) in [4.78, 5) is 0. The van der Waals surface area contributed by atoms with Gasteiger partial charge in [0, 0.05) is 10.6 Å². The third-order valence-corrected chi connectivity index (χ3v) is 4.14. The van der Waals surface area contributed by atoms with Crippen molar-refractivity contribution in [1.29, 1.82) is 0 Å². The van der Waals surface area contributed by atoms with Gasteiger partial charge >= 0.3 is 0 Å². The number of benzene rings is 1. The molecule has 1 nitrogen and oxygen atoms in total. The lowest BCUT2D eigenvalue weighted by atomic mass is 9.72. The van der Waals surface area contributed by atoms with Crippen molar-refractivity contribution in [2.45, 2.75) is 44.6 Å². The first-order chi connectivity index (χ1) is 7.64. The molecular formula is C14H20ClN. The number of nitrogens with two attached hydrogens (primary N) is 1. The van der Waals surface area contributed by atoms with Gasteiger partial charge in [-0.25, -0.2) is 0 Å². The highest BCUT2D eigenvalue weighted by atomic mass is 35.5. The molecule has 1 aromatic carbocycles. The fourth-order valence-electron chi connectivity index (χ4n) is 2.82. The zero-order valence-electron chi connectivity index (χ0n) is 9.88. The van der Waals surface area contributed by atoms with Gasteiger partial charge in [0.1, 0.15) is 0 Å². The average molecular weight is 238 g/mol. The van der Waals surface area contributed by atoms with E-state index in [1.807, 2.05) is 12.1 Å². The molecule has 2 rings (SSSR count). The lowest BCUT2D eigenvalue weighted by Gasteiger charge is -2.38. The molecule has 0 radical (unpaired) electrons. The summed E-state index contributed by atoms with van der Waals surface area (Å²) in [5.41, 5.74) is 7.68. The van der Waals surface area contributed by atoms with Crippen LogP contribution in [-0.4, -0.2) is 0 Å². The molecule has 1 fully saturated rings. The molecule has 0 spiro atoms. The van der Waals surface area contributed by atoms with E-state index in [1.54, 1.807) is 0 Å². The monoisotopic (exact) mass is 237 g/mol. The molecule has 88 valence electrons. The highest BCUT2D eigenvalue weighted by Gasteiger charge is 2.33. The van der Waals surface area contributed by atoms with Crippen LogP contribution in [0.15, 0.2) is 24.3 Å². The van der Waals surface area contributed by atoms with Gasteiger partial charge in [0.2, 0.25) is 0 Å². The van der Waals surface area contributed by atoms with E-state index in [0.717, 1.165) is 23.8 Å². The van der Waals surface area contributed by atoms with E-state index in [1.165, 1.54) is 24.8 Å². The van der Waals surface area contributed by atoms with Crippen LogP contribution in [0.1, 0.15) is 44.6 Å². The van der Waals surface area contributed by atoms with E-state index in [9.17, 15) is 0 Å².